The van der Waals surface area contributed by atoms with Crippen LogP contribution in [0.25, 0.3) is 0 Å². The molecule has 1 aromatic heterocycles. The molecule has 2 aromatic rings. The maximum atomic E-state index is 11.9. The minimum atomic E-state index is -0.444. The Morgan fingerprint density at radius 3 is 2.77 bits per heavy atom. The van der Waals surface area contributed by atoms with Crippen LogP contribution in [-0.4, -0.2) is 22.7 Å². The number of aromatic nitrogens is 2. The number of nitrogens with one attached hydrogen (secondary N) is 1. The van der Waals surface area contributed by atoms with Gasteiger partial charge < -0.3 is 10.1 Å². The molecule has 0 saturated carbocycles. The fourth-order valence-electron chi connectivity index (χ4n) is 1.65. The van der Waals surface area contributed by atoms with Gasteiger partial charge in [-0.25, -0.2) is 0 Å². The second-order valence-corrected chi connectivity index (χ2v) is 7.18. The maximum absolute atomic E-state index is 11.9. The van der Waals surface area contributed by atoms with Gasteiger partial charge in [0.25, 0.3) is 0 Å². The standard InChI is InChI=1S/C16H21N3O2S/c1-11-6-5-7-12(10-11)21-9-8-13-18-19-15(22-13)17-14(20)16(2,3)4/h5-7,10H,8-9H2,1-4H3,(H,17,19,20). The van der Waals surface area contributed by atoms with Gasteiger partial charge in [-0.2, -0.15) is 0 Å². The Morgan fingerprint density at radius 1 is 1.32 bits per heavy atom. The van der Waals surface area contributed by atoms with Crippen LogP contribution in [0.2, 0.25) is 0 Å². The van der Waals surface area contributed by atoms with Crippen LogP contribution in [0, 0.1) is 12.3 Å². The van der Waals surface area contributed by atoms with Crippen LogP contribution in [-0.2, 0) is 11.2 Å². The average molecular weight is 319 g/mol. The molecule has 1 amide bonds. The van der Waals surface area contributed by atoms with Gasteiger partial charge in [0.1, 0.15) is 10.8 Å². The molecule has 0 atom stereocenters. The summed E-state index contributed by atoms with van der Waals surface area (Å²) >= 11 is 1.38. The Morgan fingerprint density at radius 2 is 2.09 bits per heavy atom. The maximum Gasteiger partial charge on any atom is 0.231 e. The number of aryl methyl sites for hydroxylation is 1. The highest BCUT2D eigenvalue weighted by Gasteiger charge is 2.22. The molecule has 1 N–H and O–H groups in total. The first-order valence-electron chi connectivity index (χ1n) is 7.18. The molecule has 118 valence electrons. The van der Waals surface area contributed by atoms with Gasteiger partial charge in [-0.05, 0) is 24.6 Å². The summed E-state index contributed by atoms with van der Waals surface area (Å²) in [4.78, 5) is 11.9. The Hall–Kier alpha value is -1.95. The normalized spacial score (nSPS) is 11.3. The van der Waals surface area contributed by atoms with Gasteiger partial charge in [-0.15, -0.1) is 10.2 Å². The van der Waals surface area contributed by atoms with Crippen molar-refractivity contribution in [3.8, 4) is 5.75 Å². The van der Waals surface area contributed by atoms with Crippen LogP contribution in [0.1, 0.15) is 31.3 Å². The molecule has 0 bridgehead atoms. The number of anilines is 1. The topological polar surface area (TPSA) is 64.1 Å². The van der Waals surface area contributed by atoms with Gasteiger partial charge in [-0.1, -0.05) is 44.2 Å². The molecule has 0 radical (unpaired) electrons. The van der Waals surface area contributed by atoms with Crippen molar-refractivity contribution in [1.82, 2.24) is 10.2 Å². The molecular weight excluding hydrogens is 298 g/mol. The smallest absolute Gasteiger partial charge is 0.231 e. The van der Waals surface area contributed by atoms with E-state index in [1.165, 1.54) is 16.9 Å². The fourth-order valence-corrected chi connectivity index (χ4v) is 2.37. The monoisotopic (exact) mass is 319 g/mol. The van der Waals surface area contributed by atoms with Gasteiger partial charge in [-0.3, -0.25) is 4.79 Å². The van der Waals surface area contributed by atoms with E-state index < -0.39 is 5.41 Å². The lowest BCUT2D eigenvalue weighted by atomic mass is 9.96. The molecule has 22 heavy (non-hydrogen) atoms. The zero-order chi connectivity index (χ0) is 16.2. The van der Waals surface area contributed by atoms with Crippen molar-refractivity contribution in [2.75, 3.05) is 11.9 Å². The third kappa shape index (κ3) is 4.80. The SMILES string of the molecule is Cc1cccc(OCCc2nnc(NC(=O)C(C)(C)C)s2)c1. The molecule has 2 rings (SSSR count). The van der Waals surface area contributed by atoms with Crippen LogP contribution < -0.4 is 10.1 Å². The molecule has 0 spiro atoms. The lowest BCUT2D eigenvalue weighted by Gasteiger charge is -2.15. The molecule has 0 aliphatic rings. The second-order valence-electron chi connectivity index (χ2n) is 6.12. The minimum absolute atomic E-state index is 0.0637. The van der Waals surface area contributed by atoms with Gasteiger partial charge in [0, 0.05) is 11.8 Å². The van der Waals surface area contributed by atoms with Gasteiger partial charge in [0.15, 0.2) is 0 Å². The van der Waals surface area contributed by atoms with E-state index in [0.717, 1.165) is 10.8 Å². The van der Waals surface area contributed by atoms with E-state index in [1.54, 1.807) is 0 Å². The molecule has 0 saturated heterocycles. The first-order valence-corrected chi connectivity index (χ1v) is 7.99. The van der Waals surface area contributed by atoms with E-state index in [2.05, 4.69) is 15.5 Å². The highest BCUT2D eigenvalue weighted by molar-refractivity contribution is 7.15. The number of hydrogen-bond acceptors (Lipinski definition) is 5. The lowest BCUT2D eigenvalue weighted by Crippen LogP contribution is -2.27. The fraction of sp³-hybridized carbons (Fsp3) is 0.438. The van der Waals surface area contributed by atoms with Crippen molar-refractivity contribution < 1.29 is 9.53 Å². The van der Waals surface area contributed by atoms with Crippen molar-refractivity contribution >= 4 is 22.4 Å². The minimum Gasteiger partial charge on any atom is -0.493 e. The number of carbonyl (C=O) groups is 1. The lowest BCUT2D eigenvalue weighted by molar-refractivity contribution is -0.123. The molecule has 0 fully saturated rings. The number of rotatable bonds is 5. The summed E-state index contributed by atoms with van der Waals surface area (Å²) in [5.41, 5.74) is 0.723. The van der Waals surface area contributed by atoms with Crippen LogP contribution in [0.5, 0.6) is 5.75 Å². The zero-order valence-electron chi connectivity index (χ0n) is 13.3. The van der Waals surface area contributed by atoms with Crippen molar-refractivity contribution in [2.24, 2.45) is 5.41 Å². The molecule has 0 aliphatic heterocycles. The van der Waals surface area contributed by atoms with Crippen LogP contribution >= 0.6 is 11.3 Å². The summed E-state index contributed by atoms with van der Waals surface area (Å²) in [5, 5.41) is 12.2. The molecule has 1 aromatic carbocycles. The number of amides is 1. The van der Waals surface area contributed by atoms with Gasteiger partial charge >= 0.3 is 0 Å². The summed E-state index contributed by atoms with van der Waals surface area (Å²) in [7, 11) is 0. The molecular formula is C16H21N3O2S. The summed E-state index contributed by atoms with van der Waals surface area (Å²) in [6, 6.07) is 7.93. The highest BCUT2D eigenvalue weighted by Crippen LogP contribution is 2.21. The van der Waals surface area contributed by atoms with E-state index in [9.17, 15) is 4.79 Å². The van der Waals surface area contributed by atoms with E-state index in [4.69, 9.17) is 4.74 Å². The average Bonchev–Trinajstić information content (AvgIpc) is 2.85. The number of carbonyl (C=O) groups excluding carboxylic acids is 1. The van der Waals surface area contributed by atoms with Crippen LogP contribution in [0.4, 0.5) is 5.13 Å². The summed E-state index contributed by atoms with van der Waals surface area (Å²) in [5.74, 6) is 0.789. The quantitative estimate of drug-likeness (QED) is 0.916. The van der Waals surface area contributed by atoms with Crippen molar-refractivity contribution in [3.63, 3.8) is 0 Å². The largest absolute Gasteiger partial charge is 0.493 e. The number of ether oxygens (including phenoxy) is 1. The zero-order valence-corrected chi connectivity index (χ0v) is 14.2. The Bertz CT molecular complexity index is 647. The van der Waals surface area contributed by atoms with E-state index in [1.807, 2.05) is 52.0 Å². The summed E-state index contributed by atoms with van der Waals surface area (Å²) in [6.07, 6.45) is 0.664. The Kier molecular flexibility index (Phi) is 5.13. The van der Waals surface area contributed by atoms with E-state index >= 15 is 0 Å². The molecule has 1 heterocycles. The van der Waals surface area contributed by atoms with Gasteiger partial charge in [0.2, 0.25) is 11.0 Å². The third-order valence-electron chi connectivity index (χ3n) is 2.94. The number of hydrogen-bond donors (Lipinski definition) is 1. The Balaban J connectivity index is 1.83. The van der Waals surface area contributed by atoms with Crippen molar-refractivity contribution in [3.05, 3.63) is 34.8 Å². The third-order valence-corrected chi connectivity index (χ3v) is 3.84. The van der Waals surface area contributed by atoms with E-state index in [-0.39, 0.29) is 5.91 Å². The first kappa shape index (κ1) is 16.4. The number of benzene rings is 1. The Labute approximate surface area is 134 Å². The number of nitrogens with zero attached hydrogens (tertiary/aromatic N) is 2. The molecule has 0 unspecified atom stereocenters. The van der Waals surface area contributed by atoms with Crippen LogP contribution in [0.15, 0.2) is 24.3 Å². The highest BCUT2D eigenvalue weighted by atomic mass is 32.1. The molecule has 6 heteroatoms. The van der Waals surface area contributed by atoms with Crippen molar-refractivity contribution in [1.29, 1.82) is 0 Å². The first-order chi connectivity index (χ1) is 10.3. The van der Waals surface area contributed by atoms with Gasteiger partial charge in [0.05, 0.1) is 6.61 Å². The predicted octanol–water partition coefficient (Wildman–Crippen LogP) is 3.45. The molecule has 5 nitrogen and oxygen atoms in total. The predicted molar refractivity (Wildman–Crippen MR) is 88.4 cm³/mol. The molecule has 0 aliphatic carbocycles. The van der Waals surface area contributed by atoms with Crippen molar-refractivity contribution in [2.45, 2.75) is 34.1 Å². The second kappa shape index (κ2) is 6.87. The summed E-state index contributed by atoms with van der Waals surface area (Å²) in [6.45, 7) is 8.15. The van der Waals surface area contributed by atoms with Crippen LogP contribution in [0.3, 0.4) is 0 Å². The van der Waals surface area contributed by atoms with E-state index in [0.29, 0.717) is 18.2 Å². The summed E-state index contributed by atoms with van der Waals surface area (Å²) < 4.78 is 5.69.